The van der Waals surface area contributed by atoms with E-state index in [0.717, 1.165) is 17.7 Å². The lowest BCUT2D eigenvalue weighted by molar-refractivity contribution is -0.137. The Labute approximate surface area is 132 Å². The Hall–Kier alpha value is -2.34. The maximum Gasteiger partial charge on any atom is 0.416 e. The van der Waals surface area contributed by atoms with Crippen LogP contribution < -0.4 is 5.32 Å². The molecule has 0 unspecified atom stereocenters. The molecule has 0 radical (unpaired) electrons. The molecule has 3 nitrogen and oxygen atoms in total. The van der Waals surface area contributed by atoms with Crippen molar-refractivity contribution in [1.29, 1.82) is 0 Å². The Morgan fingerprint density at radius 2 is 1.57 bits per heavy atom. The summed E-state index contributed by atoms with van der Waals surface area (Å²) < 4.78 is 42.4. The molecule has 1 N–H and O–H groups in total. The van der Waals surface area contributed by atoms with Gasteiger partial charge in [-0.25, -0.2) is 0 Å². The highest BCUT2D eigenvalue weighted by molar-refractivity contribution is 5.94. The Morgan fingerprint density at radius 3 is 2.09 bits per heavy atom. The molecule has 0 saturated heterocycles. The number of alkyl halides is 3. The molecule has 6 heteroatoms. The minimum Gasteiger partial charge on any atom is -0.380 e. The molecular weight excluding hydrogens is 307 g/mol. The number of hydrogen-bond acceptors (Lipinski definition) is 2. The highest BCUT2D eigenvalue weighted by Gasteiger charge is 2.29. The summed E-state index contributed by atoms with van der Waals surface area (Å²) in [6, 6.07) is 11.6. The summed E-state index contributed by atoms with van der Waals surface area (Å²) in [7, 11) is 1.59. The number of methoxy groups -OCH3 is 1. The first kappa shape index (κ1) is 17.0. The van der Waals surface area contributed by atoms with Crippen molar-refractivity contribution in [1.82, 2.24) is 5.32 Å². The number of hydrogen-bond donors (Lipinski definition) is 1. The smallest absolute Gasteiger partial charge is 0.380 e. The van der Waals surface area contributed by atoms with Crippen molar-refractivity contribution in [3.8, 4) is 0 Å². The van der Waals surface area contributed by atoms with Crippen molar-refractivity contribution in [3.05, 3.63) is 70.8 Å². The molecule has 1 amide bonds. The van der Waals surface area contributed by atoms with E-state index >= 15 is 0 Å². The monoisotopic (exact) mass is 323 g/mol. The zero-order valence-electron chi connectivity index (χ0n) is 12.5. The standard InChI is InChI=1S/C17H16F3NO2/c1-23-11-13-2-6-14(7-3-13)16(22)21-10-12-4-8-15(9-5-12)17(18,19)20/h2-9H,10-11H2,1H3,(H,21,22). The lowest BCUT2D eigenvalue weighted by Crippen LogP contribution is -2.22. The minimum atomic E-state index is -4.36. The van der Waals surface area contributed by atoms with Crippen molar-refractivity contribution < 1.29 is 22.7 Å². The van der Waals surface area contributed by atoms with Gasteiger partial charge in [-0.3, -0.25) is 4.79 Å². The molecule has 0 aliphatic heterocycles. The predicted octanol–water partition coefficient (Wildman–Crippen LogP) is 3.78. The fourth-order valence-corrected chi connectivity index (χ4v) is 2.01. The van der Waals surface area contributed by atoms with Gasteiger partial charge in [0.05, 0.1) is 12.2 Å². The van der Waals surface area contributed by atoms with Crippen LogP contribution in [0.5, 0.6) is 0 Å². The van der Waals surface area contributed by atoms with Crippen LogP contribution in [0.2, 0.25) is 0 Å². The van der Waals surface area contributed by atoms with E-state index in [1.165, 1.54) is 12.1 Å². The maximum atomic E-state index is 12.5. The Morgan fingerprint density at radius 1 is 1.00 bits per heavy atom. The third kappa shape index (κ3) is 4.82. The first-order chi connectivity index (χ1) is 10.9. The molecule has 0 bridgehead atoms. The SMILES string of the molecule is COCc1ccc(C(=O)NCc2ccc(C(F)(F)F)cc2)cc1. The molecule has 0 fully saturated rings. The number of rotatable bonds is 5. The maximum absolute atomic E-state index is 12.5. The number of carbonyl (C=O) groups is 1. The van der Waals surface area contributed by atoms with Crippen LogP contribution in [0, 0.1) is 0 Å². The van der Waals surface area contributed by atoms with Crippen LogP contribution in [0.4, 0.5) is 13.2 Å². The van der Waals surface area contributed by atoms with Gasteiger partial charge >= 0.3 is 6.18 Å². The van der Waals surface area contributed by atoms with E-state index < -0.39 is 11.7 Å². The molecule has 2 aromatic rings. The second-order valence-corrected chi connectivity index (χ2v) is 5.01. The Balaban J connectivity index is 1.93. The molecule has 0 saturated carbocycles. The number of nitrogens with one attached hydrogen (secondary N) is 1. The highest BCUT2D eigenvalue weighted by atomic mass is 19.4. The highest BCUT2D eigenvalue weighted by Crippen LogP contribution is 2.29. The average Bonchev–Trinajstić information content (AvgIpc) is 2.53. The van der Waals surface area contributed by atoms with E-state index in [-0.39, 0.29) is 12.5 Å². The minimum absolute atomic E-state index is 0.163. The van der Waals surface area contributed by atoms with Gasteiger partial charge in [0.2, 0.25) is 0 Å². The quantitative estimate of drug-likeness (QED) is 0.909. The van der Waals surface area contributed by atoms with Gasteiger partial charge in [-0.2, -0.15) is 13.2 Å². The van der Waals surface area contributed by atoms with Crippen LogP contribution >= 0.6 is 0 Å². The van der Waals surface area contributed by atoms with Crippen molar-refractivity contribution in [3.63, 3.8) is 0 Å². The van der Waals surface area contributed by atoms with Gasteiger partial charge in [-0.05, 0) is 35.4 Å². The van der Waals surface area contributed by atoms with Crippen molar-refractivity contribution in [2.75, 3.05) is 7.11 Å². The van der Waals surface area contributed by atoms with Crippen LogP contribution in [0.15, 0.2) is 48.5 Å². The van der Waals surface area contributed by atoms with Crippen LogP contribution in [-0.2, 0) is 24.1 Å². The lowest BCUT2D eigenvalue weighted by Gasteiger charge is -2.09. The summed E-state index contributed by atoms with van der Waals surface area (Å²) in [5.41, 5.74) is 1.33. The zero-order chi connectivity index (χ0) is 16.9. The molecule has 0 atom stereocenters. The van der Waals surface area contributed by atoms with Crippen molar-refractivity contribution in [2.24, 2.45) is 0 Å². The van der Waals surface area contributed by atoms with Crippen LogP contribution in [-0.4, -0.2) is 13.0 Å². The lowest BCUT2D eigenvalue weighted by atomic mass is 10.1. The van der Waals surface area contributed by atoms with Gasteiger partial charge in [-0.15, -0.1) is 0 Å². The van der Waals surface area contributed by atoms with Gasteiger partial charge in [0.15, 0.2) is 0 Å². The molecule has 2 aromatic carbocycles. The third-order valence-corrected chi connectivity index (χ3v) is 3.26. The normalized spacial score (nSPS) is 11.3. The molecule has 0 aliphatic rings. The first-order valence-corrected chi connectivity index (χ1v) is 6.92. The molecule has 2 rings (SSSR count). The van der Waals surface area contributed by atoms with Gasteiger partial charge in [0, 0.05) is 19.2 Å². The summed E-state index contributed by atoms with van der Waals surface area (Å²) in [5.74, 6) is -0.283. The molecule has 122 valence electrons. The van der Waals surface area contributed by atoms with Gasteiger partial charge < -0.3 is 10.1 Å². The van der Waals surface area contributed by atoms with E-state index in [4.69, 9.17) is 4.74 Å². The number of carbonyl (C=O) groups excluding carboxylic acids is 1. The Bertz CT molecular complexity index is 649. The summed E-state index contributed by atoms with van der Waals surface area (Å²) in [5, 5.41) is 2.67. The molecule has 0 heterocycles. The van der Waals surface area contributed by atoms with E-state index in [9.17, 15) is 18.0 Å². The van der Waals surface area contributed by atoms with Crippen LogP contribution in [0.1, 0.15) is 27.0 Å². The number of amides is 1. The zero-order valence-corrected chi connectivity index (χ0v) is 12.5. The predicted molar refractivity (Wildman–Crippen MR) is 79.8 cm³/mol. The average molecular weight is 323 g/mol. The van der Waals surface area contributed by atoms with Crippen molar-refractivity contribution >= 4 is 5.91 Å². The number of halogens is 3. The van der Waals surface area contributed by atoms with Crippen LogP contribution in [0.25, 0.3) is 0 Å². The van der Waals surface area contributed by atoms with E-state index in [1.54, 1.807) is 31.4 Å². The van der Waals surface area contributed by atoms with E-state index in [0.29, 0.717) is 17.7 Å². The van der Waals surface area contributed by atoms with Crippen LogP contribution in [0.3, 0.4) is 0 Å². The summed E-state index contributed by atoms with van der Waals surface area (Å²) in [4.78, 5) is 12.0. The fraction of sp³-hybridized carbons (Fsp3) is 0.235. The third-order valence-electron chi connectivity index (χ3n) is 3.26. The molecule has 23 heavy (non-hydrogen) atoms. The molecule has 0 aliphatic carbocycles. The summed E-state index contributed by atoms with van der Waals surface area (Å²) in [6.07, 6.45) is -4.36. The summed E-state index contributed by atoms with van der Waals surface area (Å²) >= 11 is 0. The first-order valence-electron chi connectivity index (χ1n) is 6.92. The molecule has 0 spiro atoms. The Kier molecular flexibility index (Phi) is 5.39. The second-order valence-electron chi connectivity index (χ2n) is 5.01. The van der Waals surface area contributed by atoms with Gasteiger partial charge in [0.25, 0.3) is 5.91 Å². The molecular formula is C17H16F3NO2. The van der Waals surface area contributed by atoms with Gasteiger partial charge in [-0.1, -0.05) is 24.3 Å². The summed E-state index contributed by atoms with van der Waals surface area (Å²) in [6.45, 7) is 0.629. The second kappa shape index (κ2) is 7.28. The number of ether oxygens (including phenoxy) is 1. The van der Waals surface area contributed by atoms with E-state index in [1.807, 2.05) is 0 Å². The van der Waals surface area contributed by atoms with Crippen molar-refractivity contribution in [2.45, 2.75) is 19.3 Å². The largest absolute Gasteiger partial charge is 0.416 e. The van der Waals surface area contributed by atoms with E-state index in [2.05, 4.69) is 5.32 Å². The molecule has 0 aromatic heterocycles. The fourth-order valence-electron chi connectivity index (χ4n) is 2.01. The topological polar surface area (TPSA) is 38.3 Å². The van der Waals surface area contributed by atoms with Gasteiger partial charge in [0.1, 0.15) is 0 Å². The number of benzene rings is 2.